The Hall–Kier alpha value is -0.610. The first-order valence-corrected chi connectivity index (χ1v) is 2.69. The summed E-state index contributed by atoms with van der Waals surface area (Å²) in [7, 11) is 0. The van der Waals surface area contributed by atoms with Crippen molar-refractivity contribution in [2.75, 3.05) is 0 Å². The van der Waals surface area contributed by atoms with Crippen LogP contribution in [0.15, 0.2) is 0 Å². The molecule has 0 radical (unpaired) electrons. The molecular formula is C5H11NO3. The number of carboxylic acids is 1. The molecule has 4 N–H and O–H groups in total. The first-order valence-electron chi connectivity index (χ1n) is 2.69. The summed E-state index contributed by atoms with van der Waals surface area (Å²) in [5.41, 5.74) is 5.17. The molecule has 2 atom stereocenters. The fourth-order valence-corrected chi connectivity index (χ4v) is 0.365. The van der Waals surface area contributed by atoms with E-state index in [9.17, 15) is 4.79 Å². The molecule has 0 unspecified atom stereocenters. The van der Waals surface area contributed by atoms with E-state index in [4.69, 9.17) is 15.9 Å². The van der Waals surface area contributed by atoms with E-state index in [1.807, 2.05) is 0 Å². The van der Waals surface area contributed by atoms with Crippen molar-refractivity contribution in [2.24, 2.45) is 5.73 Å². The average molecular weight is 133 g/mol. The normalized spacial score (nSPS) is 16.8. The zero-order valence-electron chi connectivity index (χ0n) is 5.24. The molecule has 0 aliphatic rings. The van der Waals surface area contributed by atoms with Crippen molar-refractivity contribution in [1.82, 2.24) is 0 Å². The number of hydrogen-bond donors (Lipinski definition) is 3. The number of nitrogens with two attached hydrogens (primary N) is 1. The van der Waals surface area contributed by atoms with Crippen molar-refractivity contribution < 1.29 is 15.0 Å². The molecule has 54 valence electrons. The van der Waals surface area contributed by atoms with Crippen molar-refractivity contribution in [3.63, 3.8) is 0 Å². The van der Waals surface area contributed by atoms with Gasteiger partial charge in [0.15, 0.2) is 0 Å². The lowest BCUT2D eigenvalue weighted by atomic mass is 10.1. The SMILES string of the molecule is C[C@@H](N)[C@@H](O)CC(=O)O. The third kappa shape index (κ3) is 3.93. The van der Waals surface area contributed by atoms with E-state index in [1.165, 1.54) is 0 Å². The van der Waals surface area contributed by atoms with Crippen LogP contribution < -0.4 is 5.73 Å². The third-order valence-corrected chi connectivity index (χ3v) is 0.991. The Bertz CT molecular complexity index is 102. The van der Waals surface area contributed by atoms with E-state index in [0.29, 0.717) is 0 Å². The maximum atomic E-state index is 9.90. The second kappa shape index (κ2) is 3.42. The molecule has 0 saturated heterocycles. The monoisotopic (exact) mass is 133 g/mol. The topological polar surface area (TPSA) is 83.5 Å². The predicted octanol–water partition coefficient (Wildman–Crippen LogP) is -0.831. The highest BCUT2D eigenvalue weighted by atomic mass is 16.4. The summed E-state index contributed by atoms with van der Waals surface area (Å²) in [4.78, 5) is 9.90. The highest BCUT2D eigenvalue weighted by Crippen LogP contribution is 1.94. The molecule has 0 aromatic heterocycles. The number of carboxylic acid groups (broad SMARTS) is 1. The minimum Gasteiger partial charge on any atom is -0.481 e. The number of aliphatic hydroxyl groups excluding tert-OH is 1. The summed E-state index contributed by atoms with van der Waals surface area (Å²) in [6.07, 6.45) is -1.21. The Labute approximate surface area is 53.3 Å². The Kier molecular flexibility index (Phi) is 3.19. The van der Waals surface area contributed by atoms with Crippen molar-refractivity contribution in [3.8, 4) is 0 Å². The van der Waals surface area contributed by atoms with Gasteiger partial charge in [-0.3, -0.25) is 4.79 Å². The fourth-order valence-electron chi connectivity index (χ4n) is 0.365. The molecule has 0 aromatic carbocycles. The molecule has 9 heavy (non-hydrogen) atoms. The molecule has 0 aliphatic heterocycles. The molecule has 0 heterocycles. The fraction of sp³-hybridized carbons (Fsp3) is 0.800. The highest BCUT2D eigenvalue weighted by Gasteiger charge is 2.12. The van der Waals surface area contributed by atoms with Gasteiger partial charge in [-0.2, -0.15) is 0 Å². The molecule has 0 aliphatic carbocycles. The zero-order chi connectivity index (χ0) is 7.44. The molecular weight excluding hydrogens is 122 g/mol. The summed E-state index contributed by atoms with van der Waals surface area (Å²) in [6, 6.07) is -0.471. The summed E-state index contributed by atoms with van der Waals surface area (Å²) < 4.78 is 0. The number of aliphatic hydroxyl groups is 1. The van der Waals surface area contributed by atoms with Gasteiger partial charge in [-0.15, -0.1) is 0 Å². The maximum Gasteiger partial charge on any atom is 0.306 e. The van der Waals surface area contributed by atoms with Crippen LogP contribution in [0, 0.1) is 0 Å². The summed E-state index contributed by atoms with van der Waals surface area (Å²) in [5.74, 6) is -1.03. The Morgan fingerprint density at radius 2 is 2.22 bits per heavy atom. The van der Waals surface area contributed by atoms with Crippen LogP contribution in [0.4, 0.5) is 0 Å². The van der Waals surface area contributed by atoms with Gasteiger partial charge in [-0.1, -0.05) is 0 Å². The molecule has 0 fully saturated rings. The lowest BCUT2D eigenvalue weighted by Crippen LogP contribution is -2.33. The van der Waals surface area contributed by atoms with E-state index in [-0.39, 0.29) is 6.42 Å². The molecule has 0 aromatic rings. The molecule has 0 amide bonds. The first-order chi connectivity index (χ1) is 4.04. The van der Waals surface area contributed by atoms with Gasteiger partial charge >= 0.3 is 5.97 Å². The van der Waals surface area contributed by atoms with Gasteiger partial charge in [0.25, 0.3) is 0 Å². The van der Waals surface area contributed by atoms with Gasteiger partial charge in [-0.05, 0) is 6.92 Å². The van der Waals surface area contributed by atoms with Gasteiger partial charge in [0.05, 0.1) is 12.5 Å². The van der Waals surface area contributed by atoms with Crippen LogP contribution in [0.3, 0.4) is 0 Å². The first kappa shape index (κ1) is 8.39. The van der Waals surface area contributed by atoms with Gasteiger partial charge in [-0.25, -0.2) is 0 Å². The van der Waals surface area contributed by atoms with Crippen LogP contribution in [-0.4, -0.2) is 28.3 Å². The third-order valence-electron chi connectivity index (χ3n) is 0.991. The standard InChI is InChI=1S/C5H11NO3/c1-3(6)4(7)2-5(8)9/h3-4,7H,2,6H2,1H3,(H,8,9)/t3-,4+/m1/s1. The van der Waals surface area contributed by atoms with Crippen LogP contribution >= 0.6 is 0 Å². The molecule has 0 bridgehead atoms. The van der Waals surface area contributed by atoms with Crippen LogP contribution in [0.2, 0.25) is 0 Å². The number of rotatable bonds is 3. The highest BCUT2D eigenvalue weighted by molar-refractivity contribution is 5.67. The van der Waals surface area contributed by atoms with E-state index in [1.54, 1.807) is 6.92 Å². The lowest BCUT2D eigenvalue weighted by Gasteiger charge is -2.10. The minimum atomic E-state index is -1.03. The van der Waals surface area contributed by atoms with Crippen molar-refractivity contribution in [3.05, 3.63) is 0 Å². The van der Waals surface area contributed by atoms with Crippen LogP contribution in [-0.2, 0) is 4.79 Å². The lowest BCUT2D eigenvalue weighted by molar-refractivity contribution is -0.139. The second-order valence-electron chi connectivity index (χ2n) is 2.02. The summed E-state index contributed by atoms with van der Waals surface area (Å²) in [6.45, 7) is 1.56. The van der Waals surface area contributed by atoms with Gasteiger partial charge in [0, 0.05) is 6.04 Å². The van der Waals surface area contributed by atoms with E-state index < -0.39 is 18.1 Å². The average Bonchev–Trinajstić information content (AvgIpc) is 1.63. The minimum absolute atomic E-state index is 0.280. The Morgan fingerprint density at radius 1 is 1.78 bits per heavy atom. The number of hydrogen-bond acceptors (Lipinski definition) is 3. The molecule has 4 nitrogen and oxygen atoms in total. The van der Waals surface area contributed by atoms with Gasteiger partial charge in [0.1, 0.15) is 0 Å². The number of aliphatic carboxylic acids is 1. The molecule has 4 heteroatoms. The smallest absolute Gasteiger partial charge is 0.306 e. The van der Waals surface area contributed by atoms with Gasteiger partial charge in [0.2, 0.25) is 0 Å². The zero-order valence-corrected chi connectivity index (χ0v) is 5.24. The summed E-state index contributed by atoms with van der Waals surface area (Å²) >= 11 is 0. The van der Waals surface area contributed by atoms with Crippen molar-refractivity contribution >= 4 is 5.97 Å². The van der Waals surface area contributed by atoms with Crippen LogP contribution in [0.25, 0.3) is 0 Å². The quantitative estimate of drug-likeness (QED) is 0.469. The van der Waals surface area contributed by atoms with Crippen molar-refractivity contribution in [1.29, 1.82) is 0 Å². The Balaban J connectivity index is 3.50. The molecule has 0 rings (SSSR count). The number of carbonyl (C=O) groups is 1. The van der Waals surface area contributed by atoms with E-state index >= 15 is 0 Å². The van der Waals surface area contributed by atoms with E-state index in [0.717, 1.165) is 0 Å². The summed E-state index contributed by atoms with van der Waals surface area (Å²) in [5, 5.41) is 16.9. The largest absolute Gasteiger partial charge is 0.481 e. The van der Waals surface area contributed by atoms with Gasteiger partial charge < -0.3 is 15.9 Å². The molecule has 0 spiro atoms. The second-order valence-corrected chi connectivity index (χ2v) is 2.02. The van der Waals surface area contributed by atoms with Crippen LogP contribution in [0.1, 0.15) is 13.3 Å². The Morgan fingerprint density at radius 3 is 2.33 bits per heavy atom. The molecule has 0 saturated carbocycles. The van der Waals surface area contributed by atoms with E-state index in [2.05, 4.69) is 0 Å². The maximum absolute atomic E-state index is 9.90. The predicted molar refractivity (Wildman–Crippen MR) is 31.9 cm³/mol. The van der Waals surface area contributed by atoms with Crippen LogP contribution in [0.5, 0.6) is 0 Å². The van der Waals surface area contributed by atoms with Crippen molar-refractivity contribution in [2.45, 2.75) is 25.5 Å².